The zero-order chi connectivity index (χ0) is 40.5. The molecule has 3 fully saturated rings. The summed E-state index contributed by atoms with van der Waals surface area (Å²) in [6.07, 6.45) is 7.21. The van der Waals surface area contributed by atoms with Crippen LogP contribution < -0.4 is 9.64 Å². The molecule has 0 radical (unpaired) electrons. The zero-order valence-corrected chi connectivity index (χ0v) is 35.7. The molecule has 13 nitrogen and oxygen atoms in total. The number of pyridine rings is 1. The fraction of sp³-hybridized carbons (Fsp3) is 0.561. The van der Waals surface area contributed by atoms with Crippen molar-refractivity contribution >= 4 is 53.2 Å². The molecule has 1 aromatic carbocycles. The molecule has 0 unspecified atom stereocenters. The molecule has 0 spiro atoms. The summed E-state index contributed by atoms with van der Waals surface area (Å²) >= 11 is 7.08. The highest BCUT2D eigenvalue weighted by molar-refractivity contribution is 6.76. The minimum Gasteiger partial charge on any atom is -0.461 e. The van der Waals surface area contributed by atoms with Gasteiger partial charge in [0.15, 0.2) is 11.5 Å². The fourth-order valence-electron chi connectivity index (χ4n) is 8.99. The Morgan fingerprint density at radius 3 is 2.69 bits per heavy atom. The average molecular weight is 833 g/mol. The van der Waals surface area contributed by atoms with Crippen LogP contribution >= 0.6 is 11.6 Å². The third kappa shape index (κ3) is 7.34. The molecule has 17 heteroatoms. The van der Waals surface area contributed by atoms with Gasteiger partial charge in [-0.2, -0.15) is 20.2 Å². The molecule has 2 atom stereocenters. The predicted molar refractivity (Wildman–Crippen MR) is 222 cm³/mol. The number of halogens is 3. The van der Waals surface area contributed by atoms with E-state index in [-0.39, 0.29) is 42.4 Å². The number of fused-ring (bicyclic) bond motifs is 4. The monoisotopic (exact) mass is 832 g/mol. The van der Waals surface area contributed by atoms with E-state index in [1.807, 2.05) is 10.7 Å². The van der Waals surface area contributed by atoms with E-state index >= 15 is 4.39 Å². The molecule has 1 saturated carbocycles. The van der Waals surface area contributed by atoms with Gasteiger partial charge < -0.3 is 19.3 Å². The number of carbonyl (C=O) groups excluding carboxylic acids is 1. The van der Waals surface area contributed by atoms with Gasteiger partial charge in [0, 0.05) is 77.0 Å². The van der Waals surface area contributed by atoms with Gasteiger partial charge in [-0.05, 0) is 68.3 Å². The van der Waals surface area contributed by atoms with E-state index in [1.165, 1.54) is 4.90 Å². The summed E-state index contributed by atoms with van der Waals surface area (Å²) in [5.41, 5.74) is 3.15. The van der Waals surface area contributed by atoms with Crippen molar-refractivity contribution in [2.24, 2.45) is 0 Å². The summed E-state index contributed by atoms with van der Waals surface area (Å²) in [6, 6.07) is 4.76. The molecular weight excluding hydrogens is 782 g/mol. The standard InChI is InChI=1S/C41H51ClF2N10O3Si/c1-50(2)39(55)31-16-27-22-51(11-7-13-53(27)49-31)38-29-19-45-37(35(44)36(29)47-40(48-38)57-23-41-10-6-12-52(41)21-26(43)18-41)34-28-20-46-54(24-56-14-15-58(3,4)5)32(28)17-30(42)33(34)25-8-9-25/h16-17,19-20,25-26H,6-15,18,21-24H2,1-5H3/t26-,41+/m1/s1. The van der Waals surface area contributed by atoms with Crippen LogP contribution in [0.1, 0.15) is 66.2 Å². The number of carbonyl (C=O) groups is 1. The lowest BCUT2D eigenvalue weighted by Gasteiger charge is -2.31. The molecule has 9 rings (SSSR count). The van der Waals surface area contributed by atoms with Crippen LogP contribution in [0, 0.1) is 5.82 Å². The van der Waals surface area contributed by atoms with E-state index in [4.69, 9.17) is 36.0 Å². The third-order valence-electron chi connectivity index (χ3n) is 12.2. The van der Waals surface area contributed by atoms with Crippen LogP contribution in [0.2, 0.25) is 30.7 Å². The number of benzene rings is 1. The minimum absolute atomic E-state index is 0.0188. The fourth-order valence-corrected chi connectivity index (χ4v) is 10.1. The van der Waals surface area contributed by atoms with Crippen LogP contribution in [0.5, 0.6) is 6.01 Å². The van der Waals surface area contributed by atoms with Gasteiger partial charge in [-0.3, -0.25) is 19.4 Å². The van der Waals surface area contributed by atoms with E-state index < -0.39 is 25.6 Å². The molecule has 0 N–H and O–H groups in total. The molecule has 7 heterocycles. The maximum absolute atomic E-state index is 17.6. The summed E-state index contributed by atoms with van der Waals surface area (Å²) in [7, 11) is 2.12. The first-order valence-corrected chi connectivity index (χ1v) is 24.5. The SMILES string of the molecule is CN(C)C(=O)c1cc2n(n1)CCCN(c1nc(OC[C@@]34CCCN3C[C@H](F)C4)nc3c(F)c(-c4c(C5CC5)c(Cl)cc5c4cnn5COCC[Si](C)(C)C)ncc13)C2. The summed E-state index contributed by atoms with van der Waals surface area (Å²) in [5, 5.41) is 11.0. The lowest BCUT2D eigenvalue weighted by Crippen LogP contribution is -2.43. The second kappa shape index (κ2) is 15.1. The molecule has 1 aliphatic carbocycles. The Labute approximate surface area is 342 Å². The minimum atomic E-state index is -1.29. The molecule has 308 valence electrons. The van der Waals surface area contributed by atoms with Gasteiger partial charge >= 0.3 is 6.01 Å². The molecule has 4 aliphatic rings. The Hall–Kier alpha value is -4.25. The Kier molecular flexibility index (Phi) is 10.2. The number of aromatic nitrogens is 7. The predicted octanol–water partition coefficient (Wildman–Crippen LogP) is 7.29. The normalized spacial score (nSPS) is 21.2. The van der Waals surface area contributed by atoms with Crippen molar-refractivity contribution in [1.29, 1.82) is 0 Å². The van der Waals surface area contributed by atoms with Crippen molar-refractivity contribution in [2.75, 3.05) is 51.8 Å². The number of amides is 1. The van der Waals surface area contributed by atoms with Gasteiger partial charge in [-0.1, -0.05) is 31.2 Å². The molecule has 2 saturated heterocycles. The molecule has 5 aromatic rings. The van der Waals surface area contributed by atoms with E-state index in [0.717, 1.165) is 60.4 Å². The lowest BCUT2D eigenvalue weighted by atomic mass is 9.95. The van der Waals surface area contributed by atoms with Gasteiger partial charge in [0.1, 0.15) is 36.5 Å². The quantitative estimate of drug-likeness (QED) is 0.0937. The molecule has 0 bridgehead atoms. The second-order valence-electron chi connectivity index (χ2n) is 17.9. The summed E-state index contributed by atoms with van der Waals surface area (Å²) < 4.78 is 48.5. The van der Waals surface area contributed by atoms with E-state index in [2.05, 4.69) is 39.6 Å². The van der Waals surface area contributed by atoms with E-state index in [9.17, 15) is 9.18 Å². The van der Waals surface area contributed by atoms with Gasteiger partial charge in [0.05, 0.1) is 34.9 Å². The zero-order valence-electron chi connectivity index (χ0n) is 33.9. The number of anilines is 1. The van der Waals surface area contributed by atoms with Crippen LogP contribution in [0.15, 0.2) is 24.5 Å². The van der Waals surface area contributed by atoms with Crippen molar-refractivity contribution in [1.82, 2.24) is 44.3 Å². The third-order valence-corrected chi connectivity index (χ3v) is 14.2. The Bertz CT molecular complexity index is 2400. The summed E-state index contributed by atoms with van der Waals surface area (Å²) in [5.74, 6) is -0.159. The number of ether oxygens (including phenoxy) is 2. The molecule has 3 aliphatic heterocycles. The molecule has 4 aromatic heterocycles. The summed E-state index contributed by atoms with van der Waals surface area (Å²) in [6.45, 7) is 10.8. The first-order valence-electron chi connectivity index (χ1n) is 20.5. The van der Waals surface area contributed by atoms with Crippen molar-refractivity contribution < 1.29 is 23.0 Å². The van der Waals surface area contributed by atoms with Crippen LogP contribution in [0.4, 0.5) is 14.6 Å². The Balaban J connectivity index is 1.14. The number of rotatable bonds is 12. The van der Waals surface area contributed by atoms with Crippen LogP contribution in [-0.4, -0.2) is 117 Å². The van der Waals surface area contributed by atoms with Crippen LogP contribution in [-0.2, 0) is 24.6 Å². The number of hydrogen-bond donors (Lipinski definition) is 0. The molecular formula is C41H51ClF2N10O3Si. The highest BCUT2D eigenvalue weighted by Gasteiger charge is 2.49. The Morgan fingerprint density at radius 2 is 1.91 bits per heavy atom. The molecule has 58 heavy (non-hydrogen) atoms. The van der Waals surface area contributed by atoms with Crippen molar-refractivity contribution in [3.63, 3.8) is 0 Å². The highest BCUT2D eigenvalue weighted by atomic mass is 35.5. The number of hydrogen-bond acceptors (Lipinski definition) is 10. The van der Waals surface area contributed by atoms with Gasteiger partial charge in [0.25, 0.3) is 5.91 Å². The second-order valence-corrected chi connectivity index (χ2v) is 24.0. The van der Waals surface area contributed by atoms with Gasteiger partial charge in [0.2, 0.25) is 0 Å². The maximum Gasteiger partial charge on any atom is 0.319 e. The highest BCUT2D eigenvalue weighted by Crippen LogP contribution is 2.51. The molecule has 1 amide bonds. The number of nitrogens with zero attached hydrogens (tertiary/aromatic N) is 10. The van der Waals surface area contributed by atoms with Gasteiger partial charge in [-0.15, -0.1) is 0 Å². The number of aryl methyl sites for hydroxylation is 1. The smallest absolute Gasteiger partial charge is 0.319 e. The van der Waals surface area contributed by atoms with Crippen LogP contribution in [0.3, 0.4) is 0 Å². The topological polar surface area (TPSA) is 120 Å². The Morgan fingerprint density at radius 1 is 1.09 bits per heavy atom. The van der Waals surface area contributed by atoms with Gasteiger partial charge in [-0.25, -0.2) is 13.5 Å². The maximum atomic E-state index is 17.6. The largest absolute Gasteiger partial charge is 0.461 e. The van der Waals surface area contributed by atoms with Crippen LogP contribution in [0.25, 0.3) is 33.1 Å². The first kappa shape index (κ1) is 39.2. The first-order chi connectivity index (χ1) is 27.8. The van der Waals surface area contributed by atoms with Crippen molar-refractivity contribution in [2.45, 2.75) is 102 Å². The average Bonchev–Trinajstić information content (AvgIpc) is 3.57. The van der Waals surface area contributed by atoms with Crippen molar-refractivity contribution in [3.05, 3.63) is 52.3 Å². The lowest BCUT2D eigenvalue weighted by molar-refractivity contribution is 0.0816. The van der Waals surface area contributed by atoms with E-state index in [0.29, 0.717) is 73.1 Å². The van der Waals surface area contributed by atoms with Crippen molar-refractivity contribution in [3.8, 4) is 17.3 Å². The number of alkyl halides is 1. The van der Waals surface area contributed by atoms with E-state index in [1.54, 1.807) is 37.2 Å². The summed E-state index contributed by atoms with van der Waals surface area (Å²) in [4.78, 5) is 33.1.